The van der Waals surface area contributed by atoms with Crippen LogP contribution in [-0.2, 0) is 9.47 Å². The lowest BCUT2D eigenvalue weighted by molar-refractivity contribution is 0.0564. The molecule has 1 aliphatic heterocycles. The van der Waals surface area contributed by atoms with E-state index in [2.05, 4.69) is 9.64 Å². The largest absolute Gasteiger partial charge is 0.463 e. The Morgan fingerprint density at radius 1 is 1.08 bits per heavy atom. The summed E-state index contributed by atoms with van der Waals surface area (Å²) in [6.45, 7) is 3.16. The standard InChI is InChI=1S/C19H19NO5/c1-23-19(22)18-9-7-16(25-18)6-8-17(21)14-2-4-15(5-3-14)20-10-12-24-13-11-20/h2-9H,10-13H2,1H3/b8-6-. The number of allylic oxidation sites excluding steroid dienone is 1. The molecule has 0 aliphatic carbocycles. The Morgan fingerprint density at radius 3 is 2.48 bits per heavy atom. The Hall–Kier alpha value is -2.86. The van der Waals surface area contributed by atoms with Crippen LogP contribution in [0.25, 0.3) is 6.08 Å². The predicted octanol–water partition coefficient (Wildman–Crippen LogP) is 2.80. The Labute approximate surface area is 145 Å². The van der Waals surface area contributed by atoms with E-state index in [1.165, 1.54) is 25.3 Å². The zero-order chi connectivity index (χ0) is 17.6. The predicted molar refractivity (Wildman–Crippen MR) is 92.9 cm³/mol. The fourth-order valence-corrected chi connectivity index (χ4v) is 2.56. The van der Waals surface area contributed by atoms with Crippen molar-refractivity contribution in [3.05, 3.63) is 59.6 Å². The molecule has 130 valence electrons. The molecule has 1 aromatic carbocycles. The molecule has 1 aromatic heterocycles. The van der Waals surface area contributed by atoms with Gasteiger partial charge in [-0.2, -0.15) is 0 Å². The van der Waals surface area contributed by atoms with E-state index in [0.29, 0.717) is 11.3 Å². The summed E-state index contributed by atoms with van der Waals surface area (Å²) in [5, 5.41) is 0. The number of ether oxygens (including phenoxy) is 2. The van der Waals surface area contributed by atoms with Gasteiger partial charge in [0.1, 0.15) is 5.76 Å². The number of ketones is 1. The van der Waals surface area contributed by atoms with Crippen molar-refractivity contribution in [3.63, 3.8) is 0 Å². The lowest BCUT2D eigenvalue weighted by atomic mass is 10.1. The molecule has 0 atom stereocenters. The van der Waals surface area contributed by atoms with Crippen LogP contribution in [0.15, 0.2) is 46.9 Å². The van der Waals surface area contributed by atoms with Crippen LogP contribution in [0.5, 0.6) is 0 Å². The highest BCUT2D eigenvalue weighted by molar-refractivity contribution is 6.06. The first-order chi connectivity index (χ1) is 12.2. The van der Waals surface area contributed by atoms with Crippen molar-refractivity contribution < 1.29 is 23.5 Å². The number of furan rings is 1. The third-order valence-electron chi connectivity index (χ3n) is 3.94. The maximum Gasteiger partial charge on any atom is 0.373 e. The third kappa shape index (κ3) is 4.16. The number of carbonyl (C=O) groups is 2. The molecule has 2 heterocycles. The molecule has 0 unspecified atom stereocenters. The summed E-state index contributed by atoms with van der Waals surface area (Å²) in [6, 6.07) is 10.6. The van der Waals surface area contributed by atoms with Crippen molar-refractivity contribution in [2.75, 3.05) is 38.3 Å². The number of hydrogen-bond donors (Lipinski definition) is 0. The summed E-state index contributed by atoms with van der Waals surface area (Å²) >= 11 is 0. The normalized spacial score (nSPS) is 14.7. The molecular formula is C19H19NO5. The van der Waals surface area contributed by atoms with Gasteiger partial charge in [0.15, 0.2) is 5.78 Å². The maximum absolute atomic E-state index is 12.2. The van der Waals surface area contributed by atoms with Gasteiger partial charge in [-0.05, 0) is 48.6 Å². The van der Waals surface area contributed by atoms with Gasteiger partial charge in [-0.25, -0.2) is 4.79 Å². The molecule has 0 saturated carbocycles. The van der Waals surface area contributed by atoms with E-state index in [4.69, 9.17) is 9.15 Å². The number of morpholine rings is 1. The molecule has 0 spiro atoms. The molecule has 0 N–H and O–H groups in total. The highest BCUT2D eigenvalue weighted by Crippen LogP contribution is 2.17. The van der Waals surface area contributed by atoms with Crippen LogP contribution in [-0.4, -0.2) is 45.2 Å². The number of rotatable bonds is 5. The van der Waals surface area contributed by atoms with Crippen molar-refractivity contribution in [1.82, 2.24) is 0 Å². The van der Waals surface area contributed by atoms with E-state index in [0.717, 1.165) is 32.0 Å². The summed E-state index contributed by atoms with van der Waals surface area (Å²) in [7, 11) is 1.28. The second-order valence-corrected chi connectivity index (χ2v) is 5.54. The van der Waals surface area contributed by atoms with Crippen LogP contribution in [0.3, 0.4) is 0 Å². The highest BCUT2D eigenvalue weighted by Gasteiger charge is 2.12. The van der Waals surface area contributed by atoms with Gasteiger partial charge in [-0.3, -0.25) is 4.79 Å². The smallest absolute Gasteiger partial charge is 0.373 e. The zero-order valence-corrected chi connectivity index (χ0v) is 13.9. The molecule has 0 bridgehead atoms. The minimum absolute atomic E-state index is 0.101. The number of anilines is 1. The van der Waals surface area contributed by atoms with Crippen LogP contribution in [0.1, 0.15) is 26.7 Å². The fraction of sp³-hybridized carbons (Fsp3) is 0.263. The first-order valence-corrected chi connectivity index (χ1v) is 8.01. The SMILES string of the molecule is COC(=O)c1ccc(/C=C\C(=O)c2ccc(N3CCOCC3)cc2)o1. The summed E-state index contributed by atoms with van der Waals surface area (Å²) in [6.07, 6.45) is 2.95. The lowest BCUT2D eigenvalue weighted by Crippen LogP contribution is -2.36. The number of esters is 1. The molecule has 2 aromatic rings. The molecular weight excluding hydrogens is 322 g/mol. The Morgan fingerprint density at radius 2 is 1.80 bits per heavy atom. The fourth-order valence-electron chi connectivity index (χ4n) is 2.56. The Kier molecular flexibility index (Phi) is 5.30. The molecule has 1 saturated heterocycles. The number of benzene rings is 1. The number of hydrogen-bond acceptors (Lipinski definition) is 6. The van der Waals surface area contributed by atoms with Crippen molar-refractivity contribution in [1.29, 1.82) is 0 Å². The van der Waals surface area contributed by atoms with Gasteiger partial charge in [0.2, 0.25) is 5.76 Å². The minimum Gasteiger partial charge on any atom is -0.463 e. The van der Waals surface area contributed by atoms with E-state index < -0.39 is 5.97 Å². The van der Waals surface area contributed by atoms with Crippen molar-refractivity contribution in [2.24, 2.45) is 0 Å². The van der Waals surface area contributed by atoms with Crippen LogP contribution in [0, 0.1) is 0 Å². The Balaban J connectivity index is 1.64. The van der Waals surface area contributed by atoms with E-state index in [1.54, 1.807) is 18.2 Å². The molecule has 0 radical (unpaired) electrons. The van der Waals surface area contributed by atoms with Crippen molar-refractivity contribution >= 4 is 23.5 Å². The quantitative estimate of drug-likeness (QED) is 0.473. The second-order valence-electron chi connectivity index (χ2n) is 5.54. The monoisotopic (exact) mass is 341 g/mol. The first kappa shape index (κ1) is 17.0. The van der Waals surface area contributed by atoms with Gasteiger partial charge in [0.25, 0.3) is 0 Å². The van der Waals surface area contributed by atoms with E-state index in [9.17, 15) is 9.59 Å². The molecule has 25 heavy (non-hydrogen) atoms. The van der Waals surface area contributed by atoms with E-state index in [1.807, 2.05) is 12.1 Å². The number of carbonyl (C=O) groups excluding carboxylic acids is 2. The maximum atomic E-state index is 12.2. The summed E-state index contributed by atoms with van der Waals surface area (Å²) in [5.41, 5.74) is 1.67. The zero-order valence-electron chi connectivity index (χ0n) is 13.9. The molecule has 6 heteroatoms. The molecule has 3 rings (SSSR count). The van der Waals surface area contributed by atoms with Crippen LogP contribution in [0.2, 0.25) is 0 Å². The van der Waals surface area contributed by atoms with Crippen LogP contribution >= 0.6 is 0 Å². The highest BCUT2D eigenvalue weighted by atomic mass is 16.5. The molecule has 0 amide bonds. The average molecular weight is 341 g/mol. The minimum atomic E-state index is -0.551. The van der Waals surface area contributed by atoms with Crippen LogP contribution in [0.4, 0.5) is 5.69 Å². The lowest BCUT2D eigenvalue weighted by Gasteiger charge is -2.28. The molecule has 6 nitrogen and oxygen atoms in total. The Bertz CT molecular complexity index is 769. The summed E-state index contributed by atoms with van der Waals surface area (Å²) in [4.78, 5) is 25.8. The summed E-state index contributed by atoms with van der Waals surface area (Å²) in [5.74, 6) is -0.169. The van der Waals surface area contributed by atoms with Gasteiger partial charge in [0.05, 0.1) is 20.3 Å². The van der Waals surface area contributed by atoms with E-state index >= 15 is 0 Å². The van der Waals surface area contributed by atoms with Gasteiger partial charge < -0.3 is 18.8 Å². The number of methoxy groups -OCH3 is 1. The average Bonchev–Trinajstić information content (AvgIpc) is 3.15. The molecule has 1 aliphatic rings. The van der Waals surface area contributed by atoms with Gasteiger partial charge in [0, 0.05) is 24.3 Å². The number of nitrogens with zero attached hydrogens (tertiary/aromatic N) is 1. The van der Waals surface area contributed by atoms with Crippen molar-refractivity contribution in [3.8, 4) is 0 Å². The van der Waals surface area contributed by atoms with Crippen molar-refractivity contribution in [2.45, 2.75) is 0 Å². The van der Waals surface area contributed by atoms with Crippen LogP contribution < -0.4 is 4.90 Å². The van der Waals surface area contributed by atoms with Gasteiger partial charge >= 0.3 is 5.97 Å². The second kappa shape index (κ2) is 7.81. The third-order valence-corrected chi connectivity index (χ3v) is 3.94. The van der Waals surface area contributed by atoms with Gasteiger partial charge in [-0.1, -0.05) is 0 Å². The topological polar surface area (TPSA) is 69.0 Å². The van der Waals surface area contributed by atoms with E-state index in [-0.39, 0.29) is 11.5 Å². The summed E-state index contributed by atoms with van der Waals surface area (Å²) < 4.78 is 15.2. The first-order valence-electron chi connectivity index (χ1n) is 8.01. The van der Waals surface area contributed by atoms with Gasteiger partial charge in [-0.15, -0.1) is 0 Å². The molecule has 1 fully saturated rings.